The van der Waals surface area contributed by atoms with Crippen molar-refractivity contribution < 1.29 is 4.79 Å². The molecule has 0 fully saturated rings. The topological polar surface area (TPSA) is 52.9 Å². The first-order chi connectivity index (χ1) is 9.56. The van der Waals surface area contributed by atoms with Crippen LogP contribution in [0.5, 0.6) is 0 Å². The maximum Gasteiger partial charge on any atom is 0.224 e. The Morgan fingerprint density at radius 1 is 1.40 bits per heavy atom. The molecule has 1 heterocycles. The Labute approximate surface area is 130 Å². The molecular weight excluding hydrogens is 315 g/mol. The fraction of sp³-hybridized carbons (Fsp3) is 0.143. The molecule has 1 aromatic heterocycles. The van der Waals surface area contributed by atoms with Crippen LogP contribution >= 0.6 is 34.5 Å². The fourth-order valence-electron chi connectivity index (χ4n) is 1.68. The smallest absolute Gasteiger partial charge is 0.224 e. The molecule has 20 heavy (non-hydrogen) atoms. The summed E-state index contributed by atoms with van der Waals surface area (Å²) in [5, 5.41) is 15.4. The highest BCUT2D eigenvalue weighted by atomic mass is 35.5. The van der Waals surface area contributed by atoms with Crippen LogP contribution in [-0.4, -0.2) is 5.91 Å². The van der Waals surface area contributed by atoms with Crippen LogP contribution in [0.4, 0.5) is 5.00 Å². The Balaban J connectivity index is 2.48. The summed E-state index contributed by atoms with van der Waals surface area (Å²) in [6.07, 6.45) is 0.361. The highest BCUT2D eigenvalue weighted by molar-refractivity contribution is 7.15. The highest BCUT2D eigenvalue weighted by Crippen LogP contribution is 2.39. The van der Waals surface area contributed by atoms with Crippen molar-refractivity contribution >= 4 is 45.4 Å². The van der Waals surface area contributed by atoms with Crippen molar-refractivity contribution in [3.63, 3.8) is 0 Å². The minimum atomic E-state index is -0.128. The van der Waals surface area contributed by atoms with E-state index in [1.54, 1.807) is 30.5 Å². The zero-order chi connectivity index (χ0) is 14.7. The van der Waals surface area contributed by atoms with E-state index in [4.69, 9.17) is 23.2 Å². The lowest BCUT2D eigenvalue weighted by Crippen LogP contribution is -2.09. The predicted octanol–water partition coefficient (Wildman–Crippen LogP) is 4.94. The summed E-state index contributed by atoms with van der Waals surface area (Å²) < 4.78 is 0. The van der Waals surface area contributed by atoms with Crippen molar-refractivity contribution in [2.45, 2.75) is 13.3 Å². The number of hydrogen-bond acceptors (Lipinski definition) is 3. The third kappa shape index (κ3) is 2.96. The molecule has 0 saturated carbocycles. The van der Waals surface area contributed by atoms with Crippen LogP contribution in [0.15, 0.2) is 23.6 Å². The van der Waals surface area contributed by atoms with Gasteiger partial charge in [-0.25, -0.2) is 0 Å². The number of nitriles is 1. The van der Waals surface area contributed by atoms with Gasteiger partial charge in [0.2, 0.25) is 5.91 Å². The van der Waals surface area contributed by atoms with Gasteiger partial charge in [0.1, 0.15) is 11.1 Å². The van der Waals surface area contributed by atoms with Gasteiger partial charge in [-0.05, 0) is 12.1 Å². The number of anilines is 1. The maximum absolute atomic E-state index is 11.4. The SMILES string of the molecule is CCC(=O)Nc1scc(-c2ccc(Cl)cc2Cl)c1C#N. The third-order valence-electron chi connectivity index (χ3n) is 2.70. The van der Waals surface area contributed by atoms with Gasteiger partial charge in [-0.1, -0.05) is 36.2 Å². The van der Waals surface area contributed by atoms with Crippen LogP contribution in [-0.2, 0) is 4.79 Å². The average molecular weight is 325 g/mol. The van der Waals surface area contributed by atoms with Gasteiger partial charge >= 0.3 is 0 Å². The van der Waals surface area contributed by atoms with Gasteiger partial charge in [0, 0.05) is 33.0 Å². The van der Waals surface area contributed by atoms with E-state index in [2.05, 4.69) is 11.4 Å². The first kappa shape index (κ1) is 14.9. The number of hydrogen-bond donors (Lipinski definition) is 1. The molecule has 0 atom stereocenters. The predicted molar refractivity (Wildman–Crippen MR) is 83.4 cm³/mol. The van der Waals surface area contributed by atoms with Crippen LogP contribution in [0.3, 0.4) is 0 Å². The number of amides is 1. The van der Waals surface area contributed by atoms with Gasteiger partial charge in [0.15, 0.2) is 0 Å². The zero-order valence-electron chi connectivity index (χ0n) is 10.5. The molecule has 2 aromatic rings. The minimum absolute atomic E-state index is 0.128. The third-order valence-corrected chi connectivity index (χ3v) is 4.14. The van der Waals surface area contributed by atoms with Crippen molar-refractivity contribution in [2.75, 3.05) is 5.32 Å². The van der Waals surface area contributed by atoms with E-state index < -0.39 is 0 Å². The molecule has 0 aliphatic rings. The van der Waals surface area contributed by atoms with Crippen molar-refractivity contribution in [3.05, 3.63) is 39.2 Å². The van der Waals surface area contributed by atoms with Gasteiger partial charge in [-0.3, -0.25) is 4.79 Å². The van der Waals surface area contributed by atoms with Gasteiger partial charge in [0.05, 0.1) is 5.56 Å². The first-order valence-corrected chi connectivity index (χ1v) is 7.47. The van der Waals surface area contributed by atoms with Crippen LogP contribution in [0.25, 0.3) is 11.1 Å². The summed E-state index contributed by atoms with van der Waals surface area (Å²) >= 11 is 13.3. The molecule has 1 aromatic carbocycles. The molecule has 0 aliphatic heterocycles. The van der Waals surface area contributed by atoms with E-state index in [9.17, 15) is 10.1 Å². The summed E-state index contributed by atoms with van der Waals surface area (Å²) in [5.41, 5.74) is 1.84. The van der Waals surface area contributed by atoms with E-state index in [0.29, 0.717) is 32.6 Å². The Morgan fingerprint density at radius 2 is 2.15 bits per heavy atom. The monoisotopic (exact) mass is 324 g/mol. The highest BCUT2D eigenvalue weighted by Gasteiger charge is 2.16. The molecule has 2 rings (SSSR count). The van der Waals surface area contributed by atoms with E-state index in [1.807, 2.05) is 0 Å². The number of rotatable bonds is 3. The van der Waals surface area contributed by atoms with E-state index in [1.165, 1.54) is 11.3 Å². The van der Waals surface area contributed by atoms with Crippen LogP contribution in [0.1, 0.15) is 18.9 Å². The molecular formula is C14H10Cl2N2OS. The summed E-state index contributed by atoms with van der Waals surface area (Å²) in [6.45, 7) is 1.76. The number of nitrogens with zero attached hydrogens (tertiary/aromatic N) is 1. The lowest BCUT2D eigenvalue weighted by atomic mass is 10.0. The molecule has 6 heteroatoms. The summed E-state index contributed by atoms with van der Waals surface area (Å²) in [6, 6.07) is 7.22. The van der Waals surface area contributed by atoms with Crippen LogP contribution in [0, 0.1) is 11.3 Å². The van der Waals surface area contributed by atoms with E-state index in [-0.39, 0.29) is 5.91 Å². The molecule has 0 bridgehead atoms. The normalized spacial score (nSPS) is 10.1. The number of thiophene rings is 1. The Bertz CT molecular complexity index is 704. The molecule has 0 unspecified atom stereocenters. The standard InChI is InChI=1S/C14H10Cl2N2OS/c1-2-13(19)18-14-10(6-17)11(7-20-14)9-4-3-8(15)5-12(9)16/h3-5,7H,2H2,1H3,(H,18,19). The molecule has 102 valence electrons. The molecule has 1 amide bonds. The molecule has 1 N–H and O–H groups in total. The van der Waals surface area contributed by atoms with Crippen LogP contribution < -0.4 is 5.32 Å². The number of carbonyl (C=O) groups is 1. The van der Waals surface area contributed by atoms with Gasteiger partial charge in [-0.2, -0.15) is 5.26 Å². The molecule has 3 nitrogen and oxygen atoms in total. The number of carbonyl (C=O) groups excluding carboxylic acids is 1. The van der Waals surface area contributed by atoms with Gasteiger partial charge in [-0.15, -0.1) is 11.3 Å². The molecule has 0 saturated heterocycles. The van der Waals surface area contributed by atoms with Gasteiger partial charge in [0.25, 0.3) is 0 Å². The first-order valence-electron chi connectivity index (χ1n) is 5.83. The summed E-state index contributed by atoms with van der Waals surface area (Å²) in [4.78, 5) is 11.4. The number of benzene rings is 1. The minimum Gasteiger partial charge on any atom is -0.317 e. The second-order valence-electron chi connectivity index (χ2n) is 3.99. The Kier molecular flexibility index (Phi) is 4.66. The van der Waals surface area contributed by atoms with Crippen molar-refractivity contribution in [2.24, 2.45) is 0 Å². The van der Waals surface area contributed by atoms with E-state index in [0.717, 1.165) is 5.56 Å². The van der Waals surface area contributed by atoms with E-state index >= 15 is 0 Å². The van der Waals surface area contributed by atoms with Crippen molar-refractivity contribution in [3.8, 4) is 17.2 Å². The van der Waals surface area contributed by atoms with Crippen molar-refractivity contribution in [1.29, 1.82) is 5.26 Å². The quantitative estimate of drug-likeness (QED) is 0.869. The zero-order valence-corrected chi connectivity index (χ0v) is 12.9. The lowest BCUT2D eigenvalue weighted by molar-refractivity contribution is -0.115. The Morgan fingerprint density at radius 3 is 2.75 bits per heavy atom. The molecule has 0 radical (unpaired) electrons. The largest absolute Gasteiger partial charge is 0.317 e. The number of halogens is 2. The average Bonchev–Trinajstić information content (AvgIpc) is 2.81. The summed E-state index contributed by atoms with van der Waals surface area (Å²) in [5.74, 6) is -0.128. The number of nitrogens with one attached hydrogen (secondary N) is 1. The van der Waals surface area contributed by atoms with Gasteiger partial charge < -0.3 is 5.32 Å². The van der Waals surface area contributed by atoms with Crippen molar-refractivity contribution in [1.82, 2.24) is 0 Å². The summed E-state index contributed by atoms with van der Waals surface area (Å²) in [7, 11) is 0. The molecule has 0 spiro atoms. The molecule has 0 aliphatic carbocycles. The second-order valence-corrected chi connectivity index (χ2v) is 5.71. The fourth-order valence-corrected chi connectivity index (χ4v) is 3.12. The maximum atomic E-state index is 11.4. The lowest BCUT2D eigenvalue weighted by Gasteiger charge is -2.04. The second kappa shape index (κ2) is 6.27. The Hall–Kier alpha value is -1.54. The van der Waals surface area contributed by atoms with Crippen LogP contribution in [0.2, 0.25) is 10.0 Å².